The van der Waals surface area contributed by atoms with E-state index in [4.69, 9.17) is 0 Å². The fourth-order valence-electron chi connectivity index (χ4n) is 2.14. The molecular weight excluding hydrogens is 218 g/mol. The van der Waals surface area contributed by atoms with Crippen molar-refractivity contribution in [3.05, 3.63) is 35.4 Å². The topological polar surface area (TPSA) is 55.4 Å². The van der Waals surface area contributed by atoms with Crippen molar-refractivity contribution in [2.45, 2.75) is 12.8 Å². The lowest BCUT2D eigenvalue weighted by Gasteiger charge is -2.15. The molecule has 1 aliphatic heterocycles. The van der Waals surface area contributed by atoms with Crippen molar-refractivity contribution in [3.63, 3.8) is 0 Å². The van der Waals surface area contributed by atoms with Crippen LogP contribution in [0.1, 0.15) is 17.0 Å². The van der Waals surface area contributed by atoms with Crippen molar-refractivity contribution in [2.24, 2.45) is 5.92 Å². The Morgan fingerprint density at radius 1 is 1.35 bits per heavy atom. The summed E-state index contributed by atoms with van der Waals surface area (Å²) in [7, 11) is 1.31. The molecule has 0 radical (unpaired) electrons. The van der Waals surface area contributed by atoms with E-state index in [0.717, 1.165) is 11.1 Å². The smallest absolute Gasteiger partial charge is 0.318 e. The quantitative estimate of drug-likeness (QED) is 0.612. The Bertz CT molecular complexity index is 438. The summed E-state index contributed by atoms with van der Waals surface area (Å²) in [5, 5.41) is 2.71. The summed E-state index contributed by atoms with van der Waals surface area (Å²) in [5.74, 6) is -1.56. The van der Waals surface area contributed by atoms with Crippen LogP contribution < -0.4 is 5.32 Å². The van der Waals surface area contributed by atoms with E-state index in [0.29, 0.717) is 6.54 Å². The highest BCUT2D eigenvalue weighted by atomic mass is 16.5. The molecule has 2 atom stereocenters. The molecule has 0 saturated carbocycles. The summed E-state index contributed by atoms with van der Waals surface area (Å²) in [6, 6.07) is 7.87. The standard InChI is InChI=1S/C13H15NO3/c1-8-3-5-9(6-4-8)10-7-14-12(15)11(10)13(16)17-2/h3-6,10-11H,7H2,1-2H3,(H,14,15)/t10-,11+/m1/s1. The Labute approximate surface area is 100.0 Å². The number of esters is 1. The summed E-state index contributed by atoms with van der Waals surface area (Å²) < 4.78 is 4.68. The molecule has 0 aliphatic carbocycles. The van der Waals surface area contributed by atoms with Gasteiger partial charge in [-0.2, -0.15) is 0 Å². The lowest BCUT2D eigenvalue weighted by atomic mass is 9.88. The van der Waals surface area contributed by atoms with Crippen LogP contribution in [0, 0.1) is 12.8 Å². The Morgan fingerprint density at radius 2 is 2.00 bits per heavy atom. The first-order chi connectivity index (χ1) is 8.13. The van der Waals surface area contributed by atoms with Crippen molar-refractivity contribution in [1.82, 2.24) is 5.32 Å². The first kappa shape index (κ1) is 11.6. The first-order valence-corrected chi connectivity index (χ1v) is 5.55. The van der Waals surface area contributed by atoms with Gasteiger partial charge in [0.1, 0.15) is 5.92 Å². The molecule has 1 saturated heterocycles. The summed E-state index contributed by atoms with van der Waals surface area (Å²) in [5.41, 5.74) is 2.14. The second-order valence-corrected chi connectivity index (χ2v) is 4.26. The summed E-state index contributed by atoms with van der Waals surface area (Å²) in [6.45, 7) is 2.49. The molecule has 4 nitrogen and oxygen atoms in total. The average molecular weight is 233 g/mol. The van der Waals surface area contributed by atoms with Gasteiger partial charge < -0.3 is 10.1 Å². The van der Waals surface area contributed by atoms with E-state index in [1.807, 2.05) is 31.2 Å². The molecule has 2 rings (SSSR count). The van der Waals surface area contributed by atoms with Crippen LogP contribution in [0.3, 0.4) is 0 Å². The molecule has 1 N–H and O–H groups in total. The van der Waals surface area contributed by atoms with E-state index in [9.17, 15) is 9.59 Å². The molecule has 1 heterocycles. The lowest BCUT2D eigenvalue weighted by molar-refractivity contribution is -0.149. The van der Waals surface area contributed by atoms with Gasteiger partial charge in [-0.25, -0.2) is 0 Å². The third-order valence-corrected chi connectivity index (χ3v) is 3.14. The first-order valence-electron chi connectivity index (χ1n) is 5.55. The number of methoxy groups -OCH3 is 1. The Balaban J connectivity index is 2.28. The SMILES string of the molecule is COC(=O)[C@@H]1C(=O)NC[C@@H]1c1ccc(C)cc1. The fourth-order valence-corrected chi connectivity index (χ4v) is 2.14. The Kier molecular flexibility index (Phi) is 3.13. The number of ether oxygens (including phenoxy) is 1. The molecule has 0 unspecified atom stereocenters. The fraction of sp³-hybridized carbons (Fsp3) is 0.385. The highest BCUT2D eigenvalue weighted by Gasteiger charge is 2.41. The second kappa shape index (κ2) is 4.57. The van der Waals surface area contributed by atoms with Crippen molar-refractivity contribution in [3.8, 4) is 0 Å². The lowest BCUT2D eigenvalue weighted by Crippen LogP contribution is -2.28. The van der Waals surface area contributed by atoms with Crippen LogP contribution in [0.4, 0.5) is 0 Å². The molecule has 90 valence electrons. The summed E-state index contributed by atoms with van der Waals surface area (Å²) in [4.78, 5) is 23.2. The third-order valence-electron chi connectivity index (χ3n) is 3.14. The zero-order valence-electron chi connectivity index (χ0n) is 9.90. The predicted molar refractivity (Wildman–Crippen MR) is 62.4 cm³/mol. The van der Waals surface area contributed by atoms with E-state index in [1.54, 1.807) is 0 Å². The highest BCUT2D eigenvalue weighted by molar-refractivity contribution is 6.00. The minimum absolute atomic E-state index is 0.129. The molecule has 0 aromatic heterocycles. The van der Waals surface area contributed by atoms with E-state index in [1.165, 1.54) is 7.11 Å². The summed E-state index contributed by atoms with van der Waals surface area (Å²) in [6.07, 6.45) is 0. The van der Waals surface area contributed by atoms with Crippen LogP contribution in [0.2, 0.25) is 0 Å². The van der Waals surface area contributed by atoms with Gasteiger partial charge in [0.25, 0.3) is 0 Å². The van der Waals surface area contributed by atoms with Crippen LogP contribution in [0.15, 0.2) is 24.3 Å². The number of hydrogen-bond donors (Lipinski definition) is 1. The van der Waals surface area contributed by atoms with Crippen molar-refractivity contribution in [2.75, 3.05) is 13.7 Å². The number of nitrogens with one attached hydrogen (secondary N) is 1. The maximum atomic E-state index is 11.6. The number of benzene rings is 1. The molecule has 1 fully saturated rings. The van der Waals surface area contributed by atoms with Crippen molar-refractivity contribution in [1.29, 1.82) is 0 Å². The van der Waals surface area contributed by atoms with E-state index in [2.05, 4.69) is 10.1 Å². The second-order valence-electron chi connectivity index (χ2n) is 4.26. The third kappa shape index (κ3) is 2.16. The predicted octanol–water partition coefficient (Wildman–Crippen LogP) is 0.998. The minimum Gasteiger partial charge on any atom is -0.468 e. The molecular formula is C13H15NO3. The van der Waals surface area contributed by atoms with Gasteiger partial charge in [-0.15, -0.1) is 0 Å². The normalized spacial score (nSPS) is 23.3. The average Bonchev–Trinajstić information content (AvgIpc) is 2.71. The van der Waals surface area contributed by atoms with Crippen LogP contribution in [-0.2, 0) is 14.3 Å². The van der Waals surface area contributed by atoms with Crippen molar-refractivity contribution >= 4 is 11.9 Å². The number of hydrogen-bond acceptors (Lipinski definition) is 3. The van der Waals surface area contributed by atoms with E-state index in [-0.39, 0.29) is 11.8 Å². The molecule has 17 heavy (non-hydrogen) atoms. The molecule has 0 spiro atoms. The molecule has 0 bridgehead atoms. The number of amides is 1. The number of rotatable bonds is 2. The molecule has 1 aromatic rings. The Morgan fingerprint density at radius 3 is 2.59 bits per heavy atom. The van der Waals surface area contributed by atoms with E-state index < -0.39 is 11.9 Å². The molecule has 1 aliphatic rings. The zero-order chi connectivity index (χ0) is 12.4. The number of aryl methyl sites for hydroxylation is 1. The van der Waals surface area contributed by atoms with Gasteiger partial charge in [0.05, 0.1) is 7.11 Å². The monoisotopic (exact) mass is 233 g/mol. The van der Waals surface area contributed by atoms with Crippen molar-refractivity contribution < 1.29 is 14.3 Å². The van der Waals surface area contributed by atoms with E-state index >= 15 is 0 Å². The molecule has 1 amide bonds. The van der Waals surface area contributed by atoms with Crippen LogP contribution in [0.5, 0.6) is 0 Å². The number of carbonyl (C=O) groups excluding carboxylic acids is 2. The molecule has 1 aromatic carbocycles. The maximum absolute atomic E-state index is 11.6. The van der Waals surface area contributed by atoms with Crippen LogP contribution >= 0.6 is 0 Å². The van der Waals surface area contributed by atoms with Gasteiger partial charge >= 0.3 is 5.97 Å². The van der Waals surface area contributed by atoms with Gasteiger partial charge in [-0.1, -0.05) is 29.8 Å². The zero-order valence-corrected chi connectivity index (χ0v) is 9.90. The number of carbonyl (C=O) groups is 2. The van der Waals surface area contributed by atoms with Gasteiger partial charge in [0.2, 0.25) is 5.91 Å². The largest absolute Gasteiger partial charge is 0.468 e. The Hall–Kier alpha value is -1.84. The van der Waals surface area contributed by atoms with Crippen LogP contribution in [-0.4, -0.2) is 25.5 Å². The molecule has 4 heteroatoms. The van der Waals surface area contributed by atoms with Gasteiger partial charge in [0.15, 0.2) is 0 Å². The highest BCUT2D eigenvalue weighted by Crippen LogP contribution is 2.29. The maximum Gasteiger partial charge on any atom is 0.318 e. The van der Waals surface area contributed by atoms with Gasteiger partial charge in [0, 0.05) is 12.5 Å². The van der Waals surface area contributed by atoms with Crippen LogP contribution in [0.25, 0.3) is 0 Å². The summed E-state index contributed by atoms with van der Waals surface area (Å²) >= 11 is 0. The minimum atomic E-state index is -0.720. The van der Waals surface area contributed by atoms with Gasteiger partial charge in [-0.3, -0.25) is 9.59 Å². The van der Waals surface area contributed by atoms with Gasteiger partial charge in [-0.05, 0) is 12.5 Å².